The molecule has 6 nitrogen and oxygen atoms in total. The lowest BCUT2D eigenvalue weighted by atomic mass is 10.1. The van der Waals surface area contributed by atoms with E-state index in [-0.39, 0.29) is 31.1 Å². The highest BCUT2D eigenvalue weighted by Gasteiger charge is 2.32. The van der Waals surface area contributed by atoms with Gasteiger partial charge < -0.3 is 10.2 Å². The van der Waals surface area contributed by atoms with Crippen LogP contribution in [0.25, 0.3) is 0 Å². The predicted molar refractivity (Wildman–Crippen MR) is 60.2 cm³/mol. The highest BCUT2D eigenvalue weighted by molar-refractivity contribution is 7.47. The van der Waals surface area contributed by atoms with Gasteiger partial charge in [0.2, 0.25) is 5.91 Å². The largest absolute Gasteiger partial charge is 0.472 e. The Morgan fingerprint density at radius 3 is 2.71 bits per heavy atom. The van der Waals surface area contributed by atoms with Crippen molar-refractivity contribution in [2.75, 3.05) is 13.2 Å². The third-order valence-corrected chi connectivity index (χ3v) is 3.92. The van der Waals surface area contributed by atoms with Gasteiger partial charge in [-0.05, 0) is 32.1 Å². The van der Waals surface area contributed by atoms with Crippen molar-refractivity contribution in [1.29, 1.82) is 0 Å². The normalized spacial score (nSPS) is 35.5. The molecule has 2 atom stereocenters. The second-order valence-corrected chi connectivity index (χ2v) is 6.03. The molecule has 0 aromatic rings. The Labute approximate surface area is 100 Å². The SMILES string of the molecule is O=C(N[C@@H]1CCCCOP(=O)(O)OC1)C1CC1. The summed E-state index contributed by atoms with van der Waals surface area (Å²) in [4.78, 5) is 20.9. The molecule has 1 heterocycles. The first-order chi connectivity index (χ1) is 8.07. The molecule has 0 spiro atoms. The van der Waals surface area contributed by atoms with Gasteiger partial charge in [0.25, 0.3) is 0 Å². The van der Waals surface area contributed by atoms with E-state index in [9.17, 15) is 14.3 Å². The van der Waals surface area contributed by atoms with Crippen molar-refractivity contribution in [1.82, 2.24) is 5.32 Å². The van der Waals surface area contributed by atoms with Gasteiger partial charge in [-0.25, -0.2) is 4.57 Å². The molecule has 0 bridgehead atoms. The van der Waals surface area contributed by atoms with Crippen LogP contribution in [0.5, 0.6) is 0 Å². The fourth-order valence-corrected chi connectivity index (χ4v) is 2.56. The number of amides is 1. The molecule has 17 heavy (non-hydrogen) atoms. The summed E-state index contributed by atoms with van der Waals surface area (Å²) >= 11 is 0. The number of hydrogen-bond donors (Lipinski definition) is 2. The molecule has 2 aliphatic rings. The lowest BCUT2D eigenvalue weighted by Gasteiger charge is -2.18. The Morgan fingerprint density at radius 2 is 2.00 bits per heavy atom. The molecule has 1 amide bonds. The van der Waals surface area contributed by atoms with E-state index >= 15 is 0 Å². The Kier molecular flexibility index (Phi) is 4.20. The maximum absolute atomic E-state index is 11.6. The van der Waals surface area contributed by atoms with Crippen LogP contribution < -0.4 is 5.32 Å². The van der Waals surface area contributed by atoms with Crippen LogP contribution in [-0.2, 0) is 18.4 Å². The topological polar surface area (TPSA) is 84.9 Å². The quantitative estimate of drug-likeness (QED) is 0.731. The van der Waals surface area contributed by atoms with Gasteiger partial charge in [-0.3, -0.25) is 13.8 Å². The second kappa shape index (κ2) is 5.48. The van der Waals surface area contributed by atoms with Crippen molar-refractivity contribution in [3.8, 4) is 0 Å². The van der Waals surface area contributed by atoms with Crippen molar-refractivity contribution < 1.29 is 23.3 Å². The molecule has 1 unspecified atom stereocenters. The Bertz CT molecular complexity index is 331. The average Bonchev–Trinajstić information content (AvgIpc) is 3.07. The van der Waals surface area contributed by atoms with Gasteiger partial charge in [-0.15, -0.1) is 0 Å². The third-order valence-electron chi connectivity index (χ3n) is 2.93. The fraction of sp³-hybridized carbons (Fsp3) is 0.900. The molecule has 0 radical (unpaired) electrons. The standard InChI is InChI=1S/C10H18NO5P/c12-10(8-4-5-8)11-9-3-1-2-6-15-17(13,14)16-7-9/h8-9H,1-7H2,(H,11,12)(H,13,14)/t9-/m1/s1. The zero-order valence-corrected chi connectivity index (χ0v) is 10.5. The molecule has 1 aliphatic heterocycles. The summed E-state index contributed by atoms with van der Waals surface area (Å²) in [5.41, 5.74) is 0. The molecule has 0 aromatic carbocycles. The molecule has 2 N–H and O–H groups in total. The lowest BCUT2D eigenvalue weighted by molar-refractivity contribution is -0.123. The number of hydrogen-bond acceptors (Lipinski definition) is 4. The van der Waals surface area contributed by atoms with Gasteiger partial charge in [-0.1, -0.05) is 0 Å². The van der Waals surface area contributed by atoms with Crippen LogP contribution in [0.3, 0.4) is 0 Å². The Hall–Kier alpha value is -0.420. The second-order valence-electron chi connectivity index (χ2n) is 4.57. The fourth-order valence-electron chi connectivity index (χ4n) is 1.76. The Balaban J connectivity index is 1.86. The number of nitrogens with one attached hydrogen (secondary N) is 1. The summed E-state index contributed by atoms with van der Waals surface area (Å²) in [6, 6.07) is -0.190. The molecule has 1 aliphatic carbocycles. The number of phosphoric ester groups is 1. The summed E-state index contributed by atoms with van der Waals surface area (Å²) in [7, 11) is -3.93. The molecule has 2 fully saturated rings. The minimum Gasteiger partial charge on any atom is -0.351 e. The average molecular weight is 263 g/mol. The Morgan fingerprint density at radius 1 is 1.24 bits per heavy atom. The smallest absolute Gasteiger partial charge is 0.351 e. The van der Waals surface area contributed by atoms with Gasteiger partial charge in [0.1, 0.15) is 0 Å². The van der Waals surface area contributed by atoms with Crippen molar-refractivity contribution in [3.63, 3.8) is 0 Å². The monoisotopic (exact) mass is 263 g/mol. The number of carbonyl (C=O) groups excluding carboxylic acids is 1. The van der Waals surface area contributed by atoms with Gasteiger partial charge in [0.05, 0.1) is 19.3 Å². The van der Waals surface area contributed by atoms with Crippen LogP contribution >= 0.6 is 7.82 Å². The number of phosphoric acid groups is 1. The van der Waals surface area contributed by atoms with E-state index < -0.39 is 7.82 Å². The van der Waals surface area contributed by atoms with Crippen molar-refractivity contribution >= 4 is 13.7 Å². The van der Waals surface area contributed by atoms with Crippen molar-refractivity contribution in [2.24, 2.45) is 5.92 Å². The minimum absolute atomic E-state index is 0.0338. The lowest BCUT2D eigenvalue weighted by Crippen LogP contribution is -2.38. The maximum atomic E-state index is 11.6. The van der Waals surface area contributed by atoms with E-state index in [1.807, 2.05) is 0 Å². The third kappa shape index (κ3) is 4.39. The first kappa shape index (κ1) is 13.0. The molecule has 98 valence electrons. The van der Waals surface area contributed by atoms with Crippen LogP contribution in [0.2, 0.25) is 0 Å². The first-order valence-corrected chi connectivity index (χ1v) is 7.48. The van der Waals surface area contributed by atoms with E-state index in [0.717, 1.165) is 25.7 Å². The van der Waals surface area contributed by atoms with Crippen LogP contribution in [0.15, 0.2) is 0 Å². The minimum atomic E-state index is -3.93. The first-order valence-electron chi connectivity index (χ1n) is 5.99. The molecule has 1 saturated carbocycles. The number of rotatable bonds is 2. The van der Waals surface area contributed by atoms with Crippen LogP contribution in [-0.4, -0.2) is 30.1 Å². The predicted octanol–water partition coefficient (Wildman–Crippen LogP) is 1.20. The van der Waals surface area contributed by atoms with E-state index in [1.165, 1.54) is 0 Å². The summed E-state index contributed by atoms with van der Waals surface area (Å²) in [5.74, 6) is 0.173. The maximum Gasteiger partial charge on any atom is 0.472 e. The van der Waals surface area contributed by atoms with E-state index in [1.54, 1.807) is 0 Å². The number of carbonyl (C=O) groups is 1. The molecule has 0 aromatic heterocycles. The summed E-state index contributed by atoms with van der Waals surface area (Å²) in [6.45, 7) is 0.253. The summed E-state index contributed by atoms with van der Waals surface area (Å²) in [6.07, 6.45) is 4.19. The summed E-state index contributed by atoms with van der Waals surface area (Å²) in [5, 5.41) is 2.86. The van der Waals surface area contributed by atoms with E-state index in [2.05, 4.69) is 5.32 Å². The van der Waals surface area contributed by atoms with Crippen molar-refractivity contribution in [2.45, 2.75) is 38.1 Å². The molecule has 1 saturated heterocycles. The van der Waals surface area contributed by atoms with E-state index in [4.69, 9.17) is 9.05 Å². The van der Waals surface area contributed by atoms with Crippen LogP contribution in [0.1, 0.15) is 32.1 Å². The van der Waals surface area contributed by atoms with Crippen LogP contribution in [0.4, 0.5) is 0 Å². The van der Waals surface area contributed by atoms with Gasteiger partial charge in [0, 0.05) is 5.92 Å². The van der Waals surface area contributed by atoms with Gasteiger partial charge >= 0.3 is 7.82 Å². The van der Waals surface area contributed by atoms with E-state index in [0.29, 0.717) is 6.42 Å². The molecular formula is C10H18NO5P. The molecular weight excluding hydrogens is 245 g/mol. The highest BCUT2D eigenvalue weighted by atomic mass is 31.2. The van der Waals surface area contributed by atoms with Gasteiger partial charge in [-0.2, -0.15) is 0 Å². The van der Waals surface area contributed by atoms with Crippen molar-refractivity contribution in [3.05, 3.63) is 0 Å². The van der Waals surface area contributed by atoms with Gasteiger partial charge in [0.15, 0.2) is 0 Å². The molecule has 7 heteroatoms. The zero-order chi connectivity index (χ0) is 12.3. The van der Waals surface area contributed by atoms with Crippen LogP contribution in [0, 0.1) is 5.92 Å². The highest BCUT2D eigenvalue weighted by Crippen LogP contribution is 2.44. The summed E-state index contributed by atoms with van der Waals surface area (Å²) < 4.78 is 20.9. The zero-order valence-electron chi connectivity index (χ0n) is 9.63. The molecule has 2 rings (SSSR count).